The highest BCUT2D eigenvalue weighted by atomic mass is 16.6. The normalized spacial score (nSPS) is 10.2. The van der Waals surface area contributed by atoms with E-state index in [1.54, 1.807) is 21.1 Å². The van der Waals surface area contributed by atoms with Gasteiger partial charge in [0.15, 0.2) is 0 Å². The van der Waals surface area contributed by atoms with Gasteiger partial charge >= 0.3 is 12.2 Å². The van der Waals surface area contributed by atoms with Gasteiger partial charge in [-0.25, -0.2) is 9.59 Å². The number of carbonyl (C=O) groups is 3. The molecule has 1 N–H and O–H groups in total. The van der Waals surface area contributed by atoms with Crippen LogP contribution in [0.1, 0.15) is 32.1 Å². The van der Waals surface area contributed by atoms with E-state index in [2.05, 4.69) is 10.1 Å². The molecule has 0 aliphatic heterocycles. The highest BCUT2D eigenvalue weighted by molar-refractivity contribution is 5.75. The number of hydrogen-bond acceptors (Lipinski definition) is 6. The zero-order valence-corrected chi connectivity index (χ0v) is 16.4. The Morgan fingerprint density at radius 3 is 2.08 bits per heavy atom. The second-order valence-corrected chi connectivity index (χ2v) is 5.88. The lowest BCUT2D eigenvalue weighted by atomic mass is 10.1. The van der Waals surface area contributed by atoms with E-state index in [-0.39, 0.29) is 12.5 Å². The summed E-state index contributed by atoms with van der Waals surface area (Å²) in [6.45, 7) is 1.85. The number of methoxy groups -OCH3 is 1. The first-order chi connectivity index (χ1) is 12.4. The van der Waals surface area contributed by atoms with E-state index in [1.165, 1.54) is 16.9 Å². The van der Waals surface area contributed by atoms with Crippen LogP contribution in [0, 0.1) is 0 Å². The number of hydrogen-bond donors (Lipinski definition) is 1. The molecule has 0 saturated heterocycles. The van der Waals surface area contributed by atoms with Gasteiger partial charge < -0.3 is 29.3 Å². The zero-order chi connectivity index (χ0) is 19.8. The molecule has 0 spiro atoms. The fourth-order valence-corrected chi connectivity index (χ4v) is 2.01. The van der Waals surface area contributed by atoms with Crippen LogP contribution in [-0.4, -0.2) is 89.1 Å². The topological polar surface area (TPSA) is 97.4 Å². The molecule has 3 amide bonds. The van der Waals surface area contributed by atoms with Crippen LogP contribution in [0.3, 0.4) is 0 Å². The molecule has 0 aliphatic rings. The summed E-state index contributed by atoms with van der Waals surface area (Å²) in [5.41, 5.74) is 0. The predicted octanol–water partition coefficient (Wildman–Crippen LogP) is 1.47. The fraction of sp³-hybridized carbons (Fsp3) is 0.824. The van der Waals surface area contributed by atoms with E-state index >= 15 is 0 Å². The second-order valence-electron chi connectivity index (χ2n) is 5.88. The van der Waals surface area contributed by atoms with Crippen LogP contribution in [0.2, 0.25) is 0 Å². The SMILES string of the molecule is CNC(=O)CCCCCCOCCOC(=O)N(C)CCN(C)C(=O)OC. The molecule has 0 rings (SSSR count). The molecule has 0 radical (unpaired) electrons. The Hall–Kier alpha value is -2.03. The molecule has 0 aliphatic carbocycles. The molecule has 152 valence electrons. The van der Waals surface area contributed by atoms with Gasteiger partial charge in [-0.05, 0) is 12.8 Å². The van der Waals surface area contributed by atoms with Crippen molar-refractivity contribution in [2.45, 2.75) is 32.1 Å². The van der Waals surface area contributed by atoms with Crippen LogP contribution >= 0.6 is 0 Å². The molecule has 26 heavy (non-hydrogen) atoms. The number of nitrogens with zero attached hydrogens (tertiary/aromatic N) is 2. The van der Waals surface area contributed by atoms with Crippen LogP contribution in [-0.2, 0) is 19.0 Å². The standard InChI is InChI=1S/C17H33N3O6/c1-18-15(21)9-7-5-6-8-12-25-13-14-26-17(23)20(3)11-10-19(2)16(22)24-4/h5-14H2,1-4H3,(H,18,21). The predicted molar refractivity (Wildman–Crippen MR) is 97.0 cm³/mol. The van der Waals surface area contributed by atoms with Crippen LogP contribution in [0.25, 0.3) is 0 Å². The minimum atomic E-state index is -0.457. The van der Waals surface area contributed by atoms with Gasteiger partial charge in [0.05, 0.1) is 13.7 Å². The quantitative estimate of drug-likeness (QED) is 0.490. The summed E-state index contributed by atoms with van der Waals surface area (Å²) < 4.78 is 15.1. The lowest BCUT2D eigenvalue weighted by Gasteiger charge is -2.21. The summed E-state index contributed by atoms with van der Waals surface area (Å²) in [5.74, 6) is 0.0741. The number of likely N-dealkylation sites (N-methyl/N-ethyl adjacent to an activating group) is 2. The van der Waals surface area contributed by atoms with Gasteiger partial charge in [0.25, 0.3) is 0 Å². The third-order valence-electron chi connectivity index (χ3n) is 3.74. The van der Waals surface area contributed by atoms with E-state index in [0.29, 0.717) is 32.7 Å². The van der Waals surface area contributed by atoms with Crippen LogP contribution in [0.15, 0.2) is 0 Å². The highest BCUT2D eigenvalue weighted by Gasteiger charge is 2.13. The Bertz CT molecular complexity index is 419. The van der Waals surface area contributed by atoms with Gasteiger partial charge in [0, 0.05) is 47.3 Å². The molecule has 9 heteroatoms. The summed E-state index contributed by atoms with van der Waals surface area (Å²) in [6.07, 6.45) is 3.46. The Kier molecular flexibility index (Phi) is 14.1. The summed E-state index contributed by atoms with van der Waals surface area (Å²) in [7, 11) is 6.15. The number of nitrogens with one attached hydrogen (secondary N) is 1. The highest BCUT2D eigenvalue weighted by Crippen LogP contribution is 2.03. The first-order valence-electron chi connectivity index (χ1n) is 8.87. The molecule has 0 aromatic carbocycles. The van der Waals surface area contributed by atoms with Crippen LogP contribution in [0.5, 0.6) is 0 Å². The fourth-order valence-electron chi connectivity index (χ4n) is 2.01. The molecule has 0 unspecified atom stereocenters. The summed E-state index contributed by atoms with van der Waals surface area (Å²) in [4.78, 5) is 36.8. The molecule has 0 aromatic heterocycles. The maximum atomic E-state index is 11.8. The van der Waals surface area contributed by atoms with Gasteiger partial charge in [0.1, 0.15) is 6.61 Å². The van der Waals surface area contributed by atoms with Crippen molar-refractivity contribution in [3.8, 4) is 0 Å². The number of ether oxygens (including phenoxy) is 3. The van der Waals surface area contributed by atoms with Crippen molar-refractivity contribution in [2.24, 2.45) is 0 Å². The van der Waals surface area contributed by atoms with Crippen molar-refractivity contribution in [3.05, 3.63) is 0 Å². The lowest BCUT2D eigenvalue weighted by Crippen LogP contribution is -2.37. The molecule has 0 atom stereocenters. The smallest absolute Gasteiger partial charge is 0.409 e. The molecule has 0 fully saturated rings. The molecule has 0 bridgehead atoms. The van der Waals surface area contributed by atoms with Crippen LogP contribution in [0.4, 0.5) is 9.59 Å². The molecule has 0 heterocycles. The van der Waals surface area contributed by atoms with Gasteiger partial charge in [-0.2, -0.15) is 0 Å². The van der Waals surface area contributed by atoms with Gasteiger partial charge in [-0.3, -0.25) is 4.79 Å². The Morgan fingerprint density at radius 1 is 0.846 bits per heavy atom. The van der Waals surface area contributed by atoms with Crippen molar-refractivity contribution in [1.29, 1.82) is 0 Å². The average Bonchev–Trinajstić information content (AvgIpc) is 2.65. The summed E-state index contributed by atoms with van der Waals surface area (Å²) in [6, 6.07) is 0. The molecule has 0 aromatic rings. The minimum absolute atomic E-state index is 0.0741. The van der Waals surface area contributed by atoms with Gasteiger partial charge in [0.2, 0.25) is 5.91 Å². The Morgan fingerprint density at radius 2 is 1.46 bits per heavy atom. The summed E-state index contributed by atoms with van der Waals surface area (Å²) >= 11 is 0. The van der Waals surface area contributed by atoms with Crippen molar-refractivity contribution in [3.63, 3.8) is 0 Å². The lowest BCUT2D eigenvalue weighted by molar-refractivity contribution is -0.120. The average molecular weight is 375 g/mol. The van der Waals surface area contributed by atoms with E-state index in [9.17, 15) is 14.4 Å². The van der Waals surface area contributed by atoms with E-state index in [4.69, 9.17) is 9.47 Å². The first kappa shape index (κ1) is 24.0. The Labute approximate surface area is 155 Å². The molecular weight excluding hydrogens is 342 g/mol. The van der Waals surface area contributed by atoms with Crippen molar-refractivity contribution in [2.75, 3.05) is 61.2 Å². The number of carbonyl (C=O) groups excluding carboxylic acids is 3. The maximum absolute atomic E-state index is 11.8. The van der Waals surface area contributed by atoms with Gasteiger partial charge in [-0.15, -0.1) is 0 Å². The summed E-state index contributed by atoms with van der Waals surface area (Å²) in [5, 5.41) is 2.60. The van der Waals surface area contributed by atoms with E-state index in [0.717, 1.165) is 25.7 Å². The number of unbranched alkanes of at least 4 members (excludes halogenated alkanes) is 3. The second kappa shape index (κ2) is 15.2. The van der Waals surface area contributed by atoms with Crippen molar-refractivity contribution < 1.29 is 28.6 Å². The Balaban J connectivity index is 3.53. The molecule has 9 nitrogen and oxygen atoms in total. The van der Waals surface area contributed by atoms with Gasteiger partial charge in [-0.1, -0.05) is 12.8 Å². The number of rotatable bonds is 13. The maximum Gasteiger partial charge on any atom is 0.409 e. The third-order valence-corrected chi connectivity index (χ3v) is 3.74. The third kappa shape index (κ3) is 12.3. The monoisotopic (exact) mass is 375 g/mol. The largest absolute Gasteiger partial charge is 0.453 e. The molecular formula is C17H33N3O6. The molecule has 0 saturated carbocycles. The zero-order valence-electron chi connectivity index (χ0n) is 16.4. The van der Waals surface area contributed by atoms with Crippen molar-refractivity contribution in [1.82, 2.24) is 15.1 Å². The number of amides is 3. The van der Waals surface area contributed by atoms with E-state index in [1.807, 2.05) is 0 Å². The van der Waals surface area contributed by atoms with E-state index < -0.39 is 12.2 Å². The van der Waals surface area contributed by atoms with Crippen LogP contribution < -0.4 is 5.32 Å². The minimum Gasteiger partial charge on any atom is -0.453 e. The van der Waals surface area contributed by atoms with Crippen molar-refractivity contribution >= 4 is 18.1 Å². The first-order valence-corrected chi connectivity index (χ1v) is 8.87.